The maximum atomic E-state index is 13.3. The Bertz CT molecular complexity index is 1010. The second-order valence-corrected chi connectivity index (χ2v) is 6.62. The summed E-state index contributed by atoms with van der Waals surface area (Å²) in [4.78, 5) is 5.96. The van der Waals surface area contributed by atoms with E-state index in [1.165, 1.54) is 18.2 Å². The van der Waals surface area contributed by atoms with Crippen molar-refractivity contribution in [1.82, 2.24) is 9.88 Å². The molecule has 1 heterocycles. The number of benzene rings is 2. The van der Waals surface area contributed by atoms with Gasteiger partial charge in [0, 0.05) is 12.1 Å². The molecule has 5 nitrogen and oxygen atoms in total. The molecule has 0 aliphatic carbocycles. The van der Waals surface area contributed by atoms with Crippen LogP contribution in [0.15, 0.2) is 59.0 Å². The van der Waals surface area contributed by atoms with Gasteiger partial charge in [0.2, 0.25) is 17.5 Å². The van der Waals surface area contributed by atoms with Gasteiger partial charge in [0.05, 0.1) is 11.6 Å². The van der Waals surface area contributed by atoms with Crippen LogP contribution in [0.25, 0.3) is 11.5 Å². The maximum absolute atomic E-state index is 13.3. The molecule has 150 valence electrons. The molecule has 0 unspecified atom stereocenters. The summed E-state index contributed by atoms with van der Waals surface area (Å²) < 4.78 is 45.4. The molecule has 29 heavy (non-hydrogen) atoms. The molecule has 8 heteroatoms. The monoisotopic (exact) mass is 400 g/mol. The largest absolute Gasteiger partial charge is 0.419 e. The molecule has 0 saturated heterocycles. The van der Waals surface area contributed by atoms with Crippen LogP contribution in [-0.4, -0.2) is 30.5 Å². The summed E-state index contributed by atoms with van der Waals surface area (Å²) in [7, 11) is 3.83. The van der Waals surface area contributed by atoms with Crippen molar-refractivity contribution in [3.05, 3.63) is 71.4 Å². The second kappa shape index (κ2) is 8.37. The average Bonchev–Trinajstić information content (AvgIpc) is 3.11. The van der Waals surface area contributed by atoms with E-state index < -0.39 is 11.7 Å². The molecule has 1 aromatic heterocycles. The highest BCUT2D eigenvalue weighted by molar-refractivity contribution is 5.63. The van der Waals surface area contributed by atoms with Gasteiger partial charge in [-0.15, -0.1) is 0 Å². The number of aromatic nitrogens is 1. The van der Waals surface area contributed by atoms with Crippen molar-refractivity contribution in [2.75, 3.05) is 26.0 Å². The second-order valence-electron chi connectivity index (χ2n) is 6.62. The third-order valence-corrected chi connectivity index (χ3v) is 4.46. The number of oxazole rings is 1. The highest BCUT2D eigenvalue weighted by atomic mass is 19.4. The van der Waals surface area contributed by atoms with E-state index in [1.54, 1.807) is 0 Å². The first kappa shape index (κ1) is 20.4. The van der Waals surface area contributed by atoms with Crippen LogP contribution in [-0.2, 0) is 6.18 Å². The quantitative estimate of drug-likeness (QED) is 0.634. The highest BCUT2D eigenvalue weighted by Crippen LogP contribution is 2.37. The Morgan fingerprint density at radius 2 is 1.76 bits per heavy atom. The van der Waals surface area contributed by atoms with Gasteiger partial charge in [0.15, 0.2) is 0 Å². The molecule has 0 spiro atoms. The molecular formula is C21H19F3N4O. The normalized spacial score (nSPS) is 12.6. The van der Waals surface area contributed by atoms with Crippen LogP contribution >= 0.6 is 0 Å². The Kier molecular flexibility index (Phi) is 5.89. The summed E-state index contributed by atoms with van der Waals surface area (Å²) in [6.45, 7) is 0.376. The lowest BCUT2D eigenvalue weighted by Crippen LogP contribution is -2.26. The molecule has 0 radical (unpaired) electrons. The SMILES string of the molecule is CN(C)[C@H](CNc1oc(-c2ccccc2C(F)(F)F)nc1C#N)c1ccccc1. The number of nitrogens with one attached hydrogen (secondary N) is 1. The van der Waals surface area contributed by atoms with Gasteiger partial charge >= 0.3 is 6.18 Å². The van der Waals surface area contributed by atoms with E-state index in [2.05, 4.69) is 10.3 Å². The molecule has 1 N–H and O–H groups in total. The van der Waals surface area contributed by atoms with Crippen LogP contribution in [0.4, 0.5) is 19.1 Å². The lowest BCUT2D eigenvalue weighted by molar-refractivity contribution is -0.137. The highest BCUT2D eigenvalue weighted by Gasteiger charge is 2.35. The van der Waals surface area contributed by atoms with E-state index in [4.69, 9.17) is 4.42 Å². The number of hydrogen-bond donors (Lipinski definition) is 1. The van der Waals surface area contributed by atoms with Gasteiger partial charge in [-0.05, 0) is 31.8 Å². The molecule has 0 amide bonds. The van der Waals surface area contributed by atoms with Crippen LogP contribution in [0.1, 0.15) is 22.9 Å². The number of alkyl halides is 3. The van der Waals surface area contributed by atoms with E-state index in [0.717, 1.165) is 11.6 Å². The molecule has 3 rings (SSSR count). The number of anilines is 1. The van der Waals surface area contributed by atoms with Gasteiger partial charge in [-0.25, -0.2) is 0 Å². The third-order valence-electron chi connectivity index (χ3n) is 4.46. The predicted octanol–water partition coefficient (Wildman–Crippen LogP) is 4.95. The molecular weight excluding hydrogens is 381 g/mol. The van der Waals surface area contributed by atoms with Crippen LogP contribution in [0.2, 0.25) is 0 Å². The first-order chi connectivity index (χ1) is 13.8. The first-order valence-corrected chi connectivity index (χ1v) is 8.84. The van der Waals surface area contributed by atoms with Crippen molar-refractivity contribution in [1.29, 1.82) is 5.26 Å². The van der Waals surface area contributed by atoms with Crippen LogP contribution in [0.5, 0.6) is 0 Å². The summed E-state index contributed by atoms with van der Waals surface area (Å²) in [6.07, 6.45) is -4.56. The Hall–Kier alpha value is -3.31. The number of nitrogens with zero attached hydrogens (tertiary/aromatic N) is 3. The fourth-order valence-electron chi connectivity index (χ4n) is 3.01. The van der Waals surface area contributed by atoms with E-state index in [0.29, 0.717) is 6.54 Å². The lowest BCUT2D eigenvalue weighted by atomic mass is 10.1. The van der Waals surface area contributed by atoms with E-state index in [-0.39, 0.29) is 29.1 Å². The van der Waals surface area contributed by atoms with Gasteiger partial charge in [0.25, 0.3) is 0 Å². The zero-order chi connectivity index (χ0) is 21.0. The Balaban J connectivity index is 1.90. The fourth-order valence-corrected chi connectivity index (χ4v) is 3.01. The van der Waals surface area contributed by atoms with Crippen molar-refractivity contribution in [3.63, 3.8) is 0 Å². The summed E-state index contributed by atoms with van der Waals surface area (Å²) >= 11 is 0. The van der Waals surface area contributed by atoms with Crippen molar-refractivity contribution in [2.45, 2.75) is 12.2 Å². The van der Waals surface area contributed by atoms with Crippen LogP contribution < -0.4 is 5.32 Å². The van der Waals surface area contributed by atoms with Crippen LogP contribution in [0, 0.1) is 11.3 Å². The number of halogens is 3. The van der Waals surface area contributed by atoms with Gasteiger partial charge in [-0.3, -0.25) is 0 Å². The Labute approximate surface area is 166 Å². The number of likely N-dealkylation sites (N-methyl/N-ethyl adjacent to an activating group) is 1. The minimum absolute atomic E-state index is 0.0428. The molecule has 0 saturated carbocycles. The van der Waals surface area contributed by atoms with E-state index >= 15 is 0 Å². The minimum atomic E-state index is -4.56. The maximum Gasteiger partial charge on any atom is 0.417 e. The van der Waals surface area contributed by atoms with Gasteiger partial charge < -0.3 is 14.6 Å². The van der Waals surface area contributed by atoms with Crippen molar-refractivity contribution < 1.29 is 17.6 Å². The summed E-state index contributed by atoms with van der Waals surface area (Å²) in [5, 5.41) is 12.4. The molecule has 0 fully saturated rings. The lowest BCUT2D eigenvalue weighted by Gasteiger charge is -2.24. The first-order valence-electron chi connectivity index (χ1n) is 8.84. The smallest absolute Gasteiger partial charge is 0.417 e. The van der Waals surface area contributed by atoms with Crippen LogP contribution in [0.3, 0.4) is 0 Å². The van der Waals surface area contributed by atoms with Gasteiger partial charge in [-0.1, -0.05) is 42.5 Å². The molecule has 3 aromatic rings. The van der Waals surface area contributed by atoms with Crippen molar-refractivity contribution in [2.24, 2.45) is 0 Å². The zero-order valence-corrected chi connectivity index (χ0v) is 15.9. The Morgan fingerprint density at radius 3 is 2.38 bits per heavy atom. The standard InChI is InChI=1S/C21H19F3N4O/c1-28(2)18(14-8-4-3-5-9-14)13-26-20-17(12-25)27-19(29-20)15-10-6-7-11-16(15)21(22,23)24/h3-11,18,26H,13H2,1-2H3/t18-/m1/s1. The number of rotatable bonds is 6. The molecule has 0 bridgehead atoms. The van der Waals surface area contributed by atoms with Crippen molar-refractivity contribution in [3.8, 4) is 17.5 Å². The number of nitriles is 1. The summed E-state index contributed by atoms with van der Waals surface area (Å²) in [6, 6.07) is 16.5. The fraction of sp³-hybridized carbons (Fsp3) is 0.238. The predicted molar refractivity (Wildman–Crippen MR) is 103 cm³/mol. The zero-order valence-electron chi connectivity index (χ0n) is 15.9. The van der Waals surface area contributed by atoms with Crippen molar-refractivity contribution >= 4 is 5.88 Å². The molecule has 0 aliphatic rings. The average molecular weight is 400 g/mol. The third kappa shape index (κ3) is 4.58. The van der Waals surface area contributed by atoms with E-state index in [1.807, 2.05) is 55.4 Å². The number of hydrogen-bond acceptors (Lipinski definition) is 5. The van der Waals surface area contributed by atoms with Gasteiger partial charge in [0.1, 0.15) is 6.07 Å². The Morgan fingerprint density at radius 1 is 1.10 bits per heavy atom. The molecule has 2 aromatic carbocycles. The molecule has 0 aliphatic heterocycles. The summed E-state index contributed by atoms with van der Waals surface area (Å²) in [5.74, 6) is -0.208. The molecule has 1 atom stereocenters. The minimum Gasteiger partial charge on any atom is -0.419 e. The van der Waals surface area contributed by atoms with E-state index in [9.17, 15) is 18.4 Å². The summed E-state index contributed by atoms with van der Waals surface area (Å²) in [5.41, 5.74) is -0.127. The van der Waals surface area contributed by atoms with Gasteiger partial charge in [-0.2, -0.15) is 23.4 Å². The topological polar surface area (TPSA) is 65.1 Å².